The summed E-state index contributed by atoms with van der Waals surface area (Å²) in [6.07, 6.45) is 3.09. The van der Waals surface area contributed by atoms with Gasteiger partial charge in [-0.25, -0.2) is 10.4 Å². The zero-order valence-electron chi connectivity index (χ0n) is 14.2. The highest BCUT2D eigenvalue weighted by atomic mass is 35.5. The molecular weight excluding hydrogens is 356 g/mol. The van der Waals surface area contributed by atoms with Crippen molar-refractivity contribution in [1.82, 2.24) is 14.8 Å². The number of hydrazone groups is 1. The molecule has 0 aliphatic rings. The highest BCUT2D eigenvalue weighted by Crippen LogP contribution is 2.26. The van der Waals surface area contributed by atoms with Crippen LogP contribution in [-0.2, 0) is 0 Å². The van der Waals surface area contributed by atoms with E-state index in [1.54, 1.807) is 41.8 Å². The van der Waals surface area contributed by atoms with Crippen LogP contribution in [0.4, 0.5) is 0 Å². The summed E-state index contributed by atoms with van der Waals surface area (Å²) < 4.78 is 6.94. The number of aromatic hydroxyl groups is 1. The van der Waals surface area contributed by atoms with Crippen molar-refractivity contribution >= 4 is 29.4 Å². The first kappa shape index (κ1) is 17.8. The minimum Gasteiger partial charge on any atom is -0.504 e. The quantitative estimate of drug-likeness (QED) is 0.532. The Hall–Kier alpha value is -3.06. The molecule has 0 aliphatic carbocycles. The zero-order chi connectivity index (χ0) is 18.7. The summed E-state index contributed by atoms with van der Waals surface area (Å²) in [5.41, 5.74) is 4.71. The van der Waals surface area contributed by atoms with E-state index >= 15 is 0 Å². The topological polar surface area (TPSA) is 88.2 Å². The Morgan fingerprint density at radius 2 is 2.23 bits per heavy atom. The molecule has 0 fully saturated rings. The maximum absolute atomic E-state index is 12.5. The van der Waals surface area contributed by atoms with Crippen molar-refractivity contribution in [3.63, 3.8) is 0 Å². The molecule has 0 saturated heterocycles. The van der Waals surface area contributed by atoms with Crippen molar-refractivity contribution < 1.29 is 14.6 Å². The molecule has 0 aliphatic heterocycles. The van der Waals surface area contributed by atoms with E-state index in [0.717, 1.165) is 0 Å². The van der Waals surface area contributed by atoms with Gasteiger partial charge < -0.3 is 9.84 Å². The molecular formula is C18H17ClN4O3. The molecule has 0 saturated carbocycles. The lowest BCUT2D eigenvalue weighted by Gasteiger charge is -2.06. The van der Waals surface area contributed by atoms with Gasteiger partial charge in [-0.05, 0) is 49.7 Å². The third kappa shape index (κ3) is 3.62. The van der Waals surface area contributed by atoms with Crippen molar-refractivity contribution in [1.29, 1.82) is 0 Å². The van der Waals surface area contributed by atoms with Crippen LogP contribution in [0.15, 0.2) is 41.6 Å². The van der Waals surface area contributed by atoms with Crippen molar-refractivity contribution in [2.24, 2.45) is 5.10 Å². The highest BCUT2D eigenvalue weighted by molar-refractivity contribution is 6.30. The molecule has 0 spiro atoms. The predicted molar refractivity (Wildman–Crippen MR) is 99.3 cm³/mol. The lowest BCUT2D eigenvalue weighted by molar-refractivity contribution is 0.0948. The number of phenols is 1. The first-order valence-corrected chi connectivity index (χ1v) is 8.31. The van der Waals surface area contributed by atoms with E-state index in [4.69, 9.17) is 16.3 Å². The Balaban J connectivity index is 1.79. The van der Waals surface area contributed by atoms with Crippen LogP contribution in [0.2, 0.25) is 5.02 Å². The van der Waals surface area contributed by atoms with E-state index in [2.05, 4.69) is 15.5 Å². The average molecular weight is 373 g/mol. The maximum Gasteiger partial charge on any atom is 0.290 e. The van der Waals surface area contributed by atoms with Crippen molar-refractivity contribution in [2.45, 2.75) is 13.8 Å². The molecule has 1 amide bonds. The number of aryl methyl sites for hydroxylation is 1. The lowest BCUT2D eigenvalue weighted by Crippen LogP contribution is -2.20. The number of nitrogens with one attached hydrogen (secondary N) is 1. The van der Waals surface area contributed by atoms with Crippen molar-refractivity contribution in [3.05, 3.63) is 58.5 Å². The molecule has 134 valence electrons. The summed E-state index contributed by atoms with van der Waals surface area (Å²) in [7, 11) is 0. The number of hydrogen-bond donors (Lipinski definition) is 2. The van der Waals surface area contributed by atoms with Gasteiger partial charge in [0.05, 0.1) is 23.5 Å². The van der Waals surface area contributed by atoms with Gasteiger partial charge >= 0.3 is 0 Å². The minimum atomic E-state index is -0.405. The molecule has 3 rings (SSSR count). The molecule has 0 radical (unpaired) electrons. The van der Waals surface area contributed by atoms with E-state index in [1.165, 1.54) is 12.3 Å². The van der Waals surface area contributed by atoms with Gasteiger partial charge in [-0.3, -0.25) is 9.20 Å². The van der Waals surface area contributed by atoms with Gasteiger partial charge in [0, 0.05) is 6.20 Å². The first-order chi connectivity index (χ1) is 12.5. The summed E-state index contributed by atoms with van der Waals surface area (Å²) in [6, 6.07) is 8.25. The molecule has 2 heterocycles. The number of hydrogen-bond acceptors (Lipinski definition) is 5. The Kier molecular flexibility index (Phi) is 5.09. The van der Waals surface area contributed by atoms with Crippen LogP contribution >= 0.6 is 11.6 Å². The number of fused-ring (bicyclic) bond motifs is 1. The summed E-state index contributed by atoms with van der Waals surface area (Å²) in [6.45, 7) is 4.00. The molecule has 26 heavy (non-hydrogen) atoms. The van der Waals surface area contributed by atoms with Gasteiger partial charge in [-0.15, -0.1) is 0 Å². The number of carbonyl (C=O) groups excluding carboxylic acids is 1. The smallest absolute Gasteiger partial charge is 0.290 e. The van der Waals surface area contributed by atoms with Crippen LogP contribution in [0.1, 0.15) is 28.7 Å². The highest BCUT2D eigenvalue weighted by Gasteiger charge is 2.16. The lowest BCUT2D eigenvalue weighted by atomic mass is 10.2. The van der Waals surface area contributed by atoms with Gasteiger partial charge in [-0.2, -0.15) is 5.10 Å². The van der Waals surface area contributed by atoms with Crippen LogP contribution < -0.4 is 10.2 Å². The Bertz CT molecular complexity index is 998. The number of aromatic nitrogens is 2. The maximum atomic E-state index is 12.5. The largest absolute Gasteiger partial charge is 0.504 e. The SMILES string of the molecule is CCOc1cc(/C=N/NC(=O)c2c(C)nc3ccc(Cl)cn23)ccc1O. The summed E-state index contributed by atoms with van der Waals surface area (Å²) in [4.78, 5) is 16.8. The fourth-order valence-corrected chi connectivity index (χ4v) is 2.67. The Morgan fingerprint density at radius 1 is 1.42 bits per heavy atom. The number of ether oxygens (including phenoxy) is 1. The van der Waals surface area contributed by atoms with Crippen LogP contribution in [0.25, 0.3) is 5.65 Å². The third-order valence-electron chi connectivity index (χ3n) is 3.64. The summed E-state index contributed by atoms with van der Waals surface area (Å²) in [5, 5.41) is 14.2. The second kappa shape index (κ2) is 7.45. The normalized spacial score (nSPS) is 11.2. The number of phenolic OH excluding ortho intramolecular Hbond substituents is 1. The Morgan fingerprint density at radius 3 is 3.00 bits per heavy atom. The third-order valence-corrected chi connectivity index (χ3v) is 3.86. The molecule has 0 unspecified atom stereocenters. The van der Waals surface area contributed by atoms with Gasteiger partial charge in [0.25, 0.3) is 5.91 Å². The number of halogens is 1. The molecule has 3 aromatic rings. The number of amides is 1. The first-order valence-electron chi connectivity index (χ1n) is 7.93. The van der Waals surface area contributed by atoms with E-state index < -0.39 is 5.91 Å². The number of benzene rings is 1. The number of pyridine rings is 1. The van der Waals surface area contributed by atoms with E-state index in [0.29, 0.717) is 40.0 Å². The van der Waals surface area contributed by atoms with Gasteiger partial charge in [0.15, 0.2) is 11.5 Å². The van der Waals surface area contributed by atoms with Crippen LogP contribution in [0.5, 0.6) is 11.5 Å². The molecule has 8 heteroatoms. The zero-order valence-corrected chi connectivity index (χ0v) is 15.0. The van der Waals surface area contributed by atoms with E-state index in [-0.39, 0.29) is 5.75 Å². The van der Waals surface area contributed by atoms with E-state index in [1.807, 2.05) is 6.92 Å². The van der Waals surface area contributed by atoms with Crippen LogP contribution in [0, 0.1) is 6.92 Å². The van der Waals surface area contributed by atoms with Gasteiger partial charge in [0.1, 0.15) is 11.3 Å². The molecule has 0 atom stereocenters. The van der Waals surface area contributed by atoms with Crippen molar-refractivity contribution in [3.8, 4) is 11.5 Å². The Labute approximate surface area is 154 Å². The number of nitrogens with zero attached hydrogens (tertiary/aromatic N) is 3. The predicted octanol–water partition coefficient (Wildman–Crippen LogP) is 3.16. The number of rotatable bonds is 5. The molecule has 2 N–H and O–H groups in total. The van der Waals surface area contributed by atoms with E-state index in [9.17, 15) is 9.90 Å². The molecule has 2 aromatic heterocycles. The monoisotopic (exact) mass is 372 g/mol. The molecule has 7 nitrogen and oxygen atoms in total. The van der Waals surface area contributed by atoms with Gasteiger partial charge in [0.2, 0.25) is 0 Å². The molecule has 0 bridgehead atoms. The average Bonchev–Trinajstić information content (AvgIpc) is 2.93. The summed E-state index contributed by atoms with van der Waals surface area (Å²) >= 11 is 6.00. The summed E-state index contributed by atoms with van der Waals surface area (Å²) in [5.74, 6) is -0.00126. The van der Waals surface area contributed by atoms with Crippen molar-refractivity contribution in [2.75, 3.05) is 6.61 Å². The fraction of sp³-hybridized carbons (Fsp3) is 0.167. The number of carbonyl (C=O) groups is 1. The standard InChI is InChI=1S/C18H17ClN4O3/c1-3-26-15-8-12(4-6-14(15)24)9-20-22-18(25)17-11(2)21-16-7-5-13(19)10-23(16)17/h4-10,24H,3H2,1-2H3,(H,22,25)/b20-9+. The molecule has 1 aromatic carbocycles. The second-order valence-corrected chi connectivity index (χ2v) is 5.92. The second-order valence-electron chi connectivity index (χ2n) is 5.48. The van der Waals surface area contributed by atoms with Crippen LogP contribution in [-0.4, -0.2) is 33.2 Å². The fourth-order valence-electron chi connectivity index (χ4n) is 2.51. The number of imidazole rings is 1. The van der Waals surface area contributed by atoms with Gasteiger partial charge in [-0.1, -0.05) is 11.6 Å². The minimum absolute atomic E-state index is 0.0475. The van der Waals surface area contributed by atoms with Crippen LogP contribution in [0.3, 0.4) is 0 Å².